The fourth-order valence-corrected chi connectivity index (χ4v) is 2.69. The van der Waals surface area contributed by atoms with E-state index in [0.717, 1.165) is 30.9 Å². The number of halogens is 1. The minimum Gasteiger partial charge on any atom is -0.327 e. The molecule has 1 atom stereocenters. The van der Waals surface area contributed by atoms with Crippen molar-refractivity contribution in [2.24, 2.45) is 0 Å². The fraction of sp³-hybridized carbons (Fsp3) is 0.588. The van der Waals surface area contributed by atoms with Crippen molar-refractivity contribution in [2.45, 2.75) is 51.6 Å². The van der Waals surface area contributed by atoms with E-state index >= 15 is 0 Å². The molecule has 2 rings (SSSR count). The van der Waals surface area contributed by atoms with Gasteiger partial charge in [0.1, 0.15) is 5.82 Å². The number of alkyl halides is 1. The van der Waals surface area contributed by atoms with Crippen LogP contribution >= 0.6 is 11.6 Å². The number of unbranched alkanes of at least 4 members (excludes halogenated alkanes) is 1. The second-order valence-electron chi connectivity index (χ2n) is 6.01. The SMILES string of the molecule is CC(Cl)c1nc2ccccc2n1CCCCN(C)C(C)C. The lowest BCUT2D eigenvalue weighted by Gasteiger charge is -2.20. The Labute approximate surface area is 132 Å². The summed E-state index contributed by atoms with van der Waals surface area (Å²) in [6.07, 6.45) is 2.34. The van der Waals surface area contributed by atoms with E-state index in [0.29, 0.717) is 6.04 Å². The Morgan fingerprint density at radius 2 is 1.90 bits per heavy atom. The van der Waals surface area contributed by atoms with E-state index in [9.17, 15) is 0 Å². The van der Waals surface area contributed by atoms with Crippen molar-refractivity contribution in [2.75, 3.05) is 13.6 Å². The molecule has 0 aliphatic carbocycles. The molecule has 1 aromatic carbocycles. The van der Waals surface area contributed by atoms with Crippen LogP contribution in [0.3, 0.4) is 0 Å². The molecule has 2 aromatic rings. The van der Waals surface area contributed by atoms with Crippen molar-refractivity contribution in [3.63, 3.8) is 0 Å². The molecule has 0 amide bonds. The number of hydrogen-bond donors (Lipinski definition) is 0. The van der Waals surface area contributed by atoms with E-state index in [-0.39, 0.29) is 5.38 Å². The van der Waals surface area contributed by atoms with Crippen LogP contribution in [-0.2, 0) is 6.54 Å². The van der Waals surface area contributed by atoms with Crippen molar-refractivity contribution in [3.8, 4) is 0 Å². The maximum absolute atomic E-state index is 6.29. The summed E-state index contributed by atoms with van der Waals surface area (Å²) in [4.78, 5) is 7.06. The van der Waals surface area contributed by atoms with E-state index in [2.05, 4.69) is 53.5 Å². The number of rotatable bonds is 7. The van der Waals surface area contributed by atoms with Gasteiger partial charge in [0.25, 0.3) is 0 Å². The van der Waals surface area contributed by atoms with Gasteiger partial charge in [0.2, 0.25) is 0 Å². The summed E-state index contributed by atoms with van der Waals surface area (Å²) in [5.74, 6) is 0.982. The molecule has 1 aromatic heterocycles. The van der Waals surface area contributed by atoms with Gasteiger partial charge in [0.15, 0.2) is 0 Å². The molecular weight excluding hydrogens is 282 g/mol. The van der Waals surface area contributed by atoms with Gasteiger partial charge in [-0.1, -0.05) is 12.1 Å². The lowest BCUT2D eigenvalue weighted by atomic mass is 10.2. The number of imidazole rings is 1. The van der Waals surface area contributed by atoms with Crippen LogP contribution in [0.5, 0.6) is 0 Å². The average Bonchev–Trinajstić information content (AvgIpc) is 2.82. The summed E-state index contributed by atoms with van der Waals surface area (Å²) in [5, 5.41) is -0.0595. The van der Waals surface area contributed by atoms with Gasteiger partial charge in [-0.3, -0.25) is 0 Å². The summed E-state index contributed by atoms with van der Waals surface area (Å²) in [6, 6.07) is 8.89. The van der Waals surface area contributed by atoms with E-state index in [1.54, 1.807) is 0 Å². The van der Waals surface area contributed by atoms with Crippen molar-refractivity contribution >= 4 is 22.6 Å². The van der Waals surface area contributed by atoms with Crippen LogP contribution in [0.4, 0.5) is 0 Å². The Morgan fingerprint density at radius 3 is 2.57 bits per heavy atom. The predicted octanol–water partition coefficient (Wildman–Crippen LogP) is 4.46. The van der Waals surface area contributed by atoms with Crippen LogP contribution < -0.4 is 0 Å². The van der Waals surface area contributed by atoms with Crippen molar-refractivity contribution in [1.29, 1.82) is 0 Å². The highest BCUT2D eigenvalue weighted by Crippen LogP contribution is 2.24. The maximum atomic E-state index is 6.29. The number of aromatic nitrogens is 2. The molecule has 0 saturated carbocycles. The summed E-state index contributed by atoms with van der Waals surface area (Å²) in [5.41, 5.74) is 2.23. The van der Waals surface area contributed by atoms with Gasteiger partial charge in [-0.25, -0.2) is 4.98 Å². The first kappa shape index (κ1) is 16.3. The van der Waals surface area contributed by atoms with Crippen LogP contribution in [0.25, 0.3) is 11.0 Å². The Bertz CT molecular complexity index is 574. The fourth-order valence-electron chi connectivity index (χ4n) is 2.52. The molecule has 0 spiro atoms. The predicted molar refractivity (Wildman–Crippen MR) is 91.0 cm³/mol. The zero-order chi connectivity index (χ0) is 15.4. The molecule has 0 fully saturated rings. The summed E-state index contributed by atoms with van der Waals surface area (Å²) in [7, 11) is 2.18. The number of aryl methyl sites for hydroxylation is 1. The molecule has 0 aliphatic rings. The van der Waals surface area contributed by atoms with E-state index in [4.69, 9.17) is 11.6 Å². The number of para-hydroxylation sites is 2. The summed E-state index contributed by atoms with van der Waals surface area (Å²) in [6.45, 7) is 8.58. The van der Waals surface area contributed by atoms with Crippen molar-refractivity contribution in [1.82, 2.24) is 14.5 Å². The van der Waals surface area contributed by atoms with Crippen LogP contribution in [-0.4, -0.2) is 34.1 Å². The lowest BCUT2D eigenvalue weighted by molar-refractivity contribution is 0.266. The number of hydrogen-bond acceptors (Lipinski definition) is 2. The normalized spacial score (nSPS) is 13.5. The molecule has 0 radical (unpaired) electrons. The van der Waals surface area contributed by atoms with E-state index < -0.39 is 0 Å². The first-order chi connectivity index (χ1) is 10.0. The van der Waals surface area contributed by atoms with Crippen LogP contribution in [0, 0.1) is 0 Å². The minimum absolute atomic E-state index is 0.0595. The molecule has 1 unspecified atom stereocenters. The Balaban J connectivity index is 2.05. The molecular formula is C17H26ClN3. The highest BCUT2D eigenvalue weighted by Gasteiger charge is 2.14. The summed E-state index contributed by atoms with van der Waals surface area (Å²) < 4.78 is 2.28. The number of nitrogens with zero attached hydrogens (tertiary/aromatic N) is 3. The number of fused-ring (bicyclic) bond motifs is 1. The average molecular weight is 308 g/mol. The third-order valence-corrected chi connectivity index (χ3v) is 4.26. The van der Waals surface area contributed by atoms with Crippen LogP contribution in [0.1, 0.15) is 44.8 Å². The monoisotopic (exact) mass is 307 g/mol. The minimum atomic E-state index is -0.0595. The van der Waals surface area contributed by atoms with Crippen LogP contribution in [0.2, 0.25) is 0 Å². The largest absolute Gasteiger partial charge is 0.327 e. The lowest BCUT2D eigenvalue weighted by Crippen LogP contribution is -2.27. The van der Waals surface area contributed by atoms with Gasteiger partial charge >= 0.3 is 0 Å². The topological polar surface area (TPSA) is 21.1 Å². The standard InChI is InChI=1S/C17H26ClN3/c1-13(2)20(4)11-7-8-12-21-16-10-6-5-9-15(16)19-17(21)14(3)18/h5-6,9-10,13-14H,7-8,11-12H2,1-4H3. The smallest absolute Gasteiger partial charge is 0.127 e. The third kappa shape index (κ3) is 3.98. The molecule has 116 valence electrons. The van der Waals surface area contributed by atoms with Gasteiger partial charge < -0.3 is 9.47 Å². The first-order valence-electron chi connectivity index (χ1n) is 7.80. The van der Waals surface area contributed by atoms with Gasteiger partial charge in [-0.15, -0.1) is 11.6 Å². The highest BCUT2D eigenvalue weighted by atomic mass is 35.5. The molecule has 3 nitrogen and oxygen atoms in total. The maximum Gasteiger partial charge on any atom is 0.127 e. The molecule has 0 bridgehead atoms. The molecule has 4 heteroatoms. The van der Waals surface area contributed by atoms with Crippen LogP contribution in [0.15, 0.2) is 24.3 Å². The Kier molecular flexibility index (Phi) is 5.65. The quantitative estimate of drug-likeness (QED) is 0.556. The van der Waals surface area contributed by atoms with Gasteiger partial charge in [-0.2, -0.15) is 0 Å². The second-order valence-corrected chi connectivity index (χ2v) is 6.66. The Morgan fingerprint density at radius 1 is 1.19 bits per heavy atom. The Hall–Kier alpha value is -1.06. The number of benzene rings is 1. The summed E-state index contributed by atoms with van der Waals surface area (Å²) >= 11 is 6.29. The zero-order valence-corrected chi connectivity index (χ0v) is 14.3. The second kappa shape index (κ2) is 7.28. The van der Waals surface area contributed by atoms with Gasteiger partial charge in [0, 0.05) is 12.6 Å². The van der Waals surface area contributed by atoms with Crippen molar-refractivity contribution < 1.29 is 0 Å². The van der Waals surface area contributed by atoms with Crippen molar-refractivity contribution in [3.05, 3.63) is 30.1 Å². The molecule has 21 heavy (non-hydrogen) atoms. The zero-order valence-electron chi connectivity index (χ0n) is 13.5. The molecule has 0 N–H and O–H groups in total. The third-order valence-electron chi connectivity index (χ3n) is 4.06. The van der Waals surface area contributed by atoms with E-state index in [1.807, 2.05) is 13.0 Å². The molecule has 0 aliphatic heterocycles. The molecule has 1 heterocycles. The highest BCUT2D eigenvalue weighted by molar-refractivity contribution is 6.20. The van der Waals surface area contributed by atoms with E-state index in [1.165, 1.54) is 11.9 Å². The molecule has 0 saturated heterocycles. The first-order valence-corrected chi connectivity index (χ1v) is 8.24. The van der Waals surface area contributed by atoms with Gasteiger partial charge in [0.05, 0.1) is 16.4 Å². The van der Waals surface area contributed by atoms with Gasteiger partial charge in [-0.05, 0) is 59.3 Å².